The van der Waals surface area contributed by atoms with Crippen molar-refractivity contribution in [3.63, 3.8) is 0 Å². The maximum atomic E-state index is 13.5. The average Bonchev–Trinajstić information content (AvgIpc) is 3.58. The molecule has 8 nitrogen and oxygen atoms in total. The topological polar surface area (TPSA) is 104 Å². The molecular weight excluding hydrogens is 514 g/mol. The van der Waals surface area contributed by atoms with Crippen molar-refractivity contribution >= 4 is 60.4 Å². The van der Waals surface area contributed by atoms with Crippen molar-refractivity contribution < 1.29 is 23.5 Å². The van der Waals surface area contributed by atoms with Gasteiger partial charge in [0.2, 0.25) is 5.89 Å². The SMILES string of the molecule is CCC(OC(=O)c1cccc2cccc(-c3nc4ccccc4o3)c12)C(=O)Nc1nc2ccc(OC)cc2s1. The number of esters is 1. The first-order valence-electron chi connectivity index (χ1n) is 12.4. The number of carbonyl (C=O) groups excluding carboxylic acids is 2. The highest BCUT2D eigenvalue weighted by Crippen LogP contribution is 2.34. The van der Waals surface area contributed by atoms with E-state index in [1.54, 1.807) is 26.2 Å². The first-order valence-corrected chi connectivity index (χ1v) is 13.2. The third-order valence-corrected chi connectivity index (χ3v) is 7.32. The minimum absolute atomic E-state index is 0.291. The number of rotatable bonds is 7. The van der Waals surface area contributed by atoms with Gasteiger partial charge in [0.05, 0.1) is 22.9 Å². The Morgan fingerprint density at radius 1 is 0.974 bits per heavy atom. The second-order valence-corrected chi connectivity index (χ2v) is 9.87. The summed E-state index contributed by atoms with van der Waals surface area (Å²) in [6, 6.07) is 24.0. The molecule has 0 saturated carbocycles. The van der Waals surface area contributed by atoms with Gasteiger partial charge in [-0.25, -0.2) is 14.8 Å². The average molecular weight is 538 g/mol. The molecule has 194 valence electrons. The van der Waals surface area contributed by atoms with Gasteiger partial charge in [-0.2, -0.15) is 0 Å². The summed E-state index contributed by atoms with van der Waals surface area (Å²) in [6.45, 7) is 1.79. The van der Waals surface area contributed by atoms with Crippen molar-refractivity contribution in [2.75, 3.05) is 12.4 Å². The van der Waals surface area contributed by atoms with E-state index < -0.39 is 18.0 Å². The molecule has 0 aliphatic rings. The van der Waals surface area contributed by atoms with Gasteiger partial charge in [-0.3, -0.25) is 10.1 Å². The minimum atomic E-state index is -1.01. The smallest absolute Gasteiger partial charge is 0.339 e. The molecule has 2 aromatic heterocycles. The van der Waals surface area contributed by atoms with Crippen LogP contribution in [0, 0.1) is 0 Å². The zero-order valence-electron chi connectivity index (χ0n) is 21.1. The molecule has 1 amide bonds. The predicted molar refractivity (Wildman–Crippen MR) is 151 cm³/mol. The molecule has 0 aliphatic carbocycles. The van der Waals surface area contributed by atoms with Crippen LogP contribution in [0.2, 0.25) is 0 Å². The summed E-state index contributed by atoms with van der Waals surface area (Å²) in [4.78, 5) is 35.6. The number of hydrogen-bond donors (Lipinski definition) is 1. The van der Waals surface area contributed by atoms with Crippen LogP contribution in [0.1, 0.15) is 23.7 Å². The van der Waals surface area contributed by atoms with Crippen molar-refractivity contribution in [2.45, 2.75) is 19.4 Å². The molecule has 0 spiro atoms. The monoisotopic (exact) mass is 537 g/mol. The highest BCUT2D eigenvalue weighted by atomic mass is 32.1. The van der Waals surface area contributed by atoms with Crippen molar-refractivity contribution in [3.8, 4) is 17.2 Å². The van der Waals surface area contributed by atoms with E-state index >= 15 is 0 Å². The second kappa shape index (κ2) is 10.2. The Morgan fingerprint density at radius 2 is 1.79 bits per heavy atom. The van der Waals surface area contributed by atoms with Crippen molar-refractivity contribution in [2.24, 2.45) is 0 Å². The van der Waals surface area contributed by atoms with Crippen LogP contribution in [0.4, 0.5) is 5.13 Å². The van der Waals surface area contributed by atoms with Crippen LogP contribution in [0.15, 0.2) is 83.3 Å². The Hall–Kier alpha value is -4.76. The maximum absolute atomic E-state index is 13.5. The lowest BCUT2D eigenvalue weighted by molar-refractivity contribution is -0.124. The maximum Gasteiger partial charge on any atom is 0.339 e. The molecule has 6 aromatic rings. The molecule has 1 N–H and O–H groups in total. The summed E-state index contributed by atoms with van der Waals surface area (Å²) in [6.07, 6.45) is -0.718. The molecule has 39 heavy (non-hydrogen) atoms. The van der Waals surface area contributed by atoms with Crippen molar-refractivity contribution in [1.29, 1.82) is 0 Å². The molecule has 9 heteroatoms. The van der Waals surface area contributed by atoms with Gasteiger partial charge in [0, 0.05) is 10.9 Å². The number of oxazole rings is 1. The molecule has 0 bridgehead atoms. The van der Waals surface area contributed by atoms with E-state index in [-0.39, 0.29) is 0 Å². The molecular formula is C30H23N3O5S. The van der Waals surface area contributed by atoms with E-state index in [0.29, 0.717) is 45.3 Å². The summed E-state index contributed by atoms with van der Waals surface area (Å²) in [5.41, 5.74) is 3.10. The zero-order chi connectivity index (χ0) is 26.9. The van der Waals surface area contributed by atoms with E-state index in [4.69, 9.17) is 13.9 Å². The van der Waals surface area contributed by atoms with Crippen LogP contribution in [-0.4, -0.2) is 35.1 Å². The summed E-state index contributed by atoms with van der Waals surface area (Å²) in [5.74, 6) is 0.0486. The number of para-hydroxylation sites is 2. The number of aromatic nitrogens is 2. The largest absolute Gasteiger partial charge is 0.497 e. The molecule has 4 aromatic carbocycles. The van der Waals surface area contributed by atoms with Crippen molar-refractivity contribution in [1.82, 2.24) is 9.97 Å². The minimum Gasteiger partial charge on any atom is -0.497 e. The van der Waals surface area contributed by atoms with Gasteiger partial charge in [0.1, 0.15) is 11.3 Å². The summed E-state index contributed by atoms with van der Waals surface area (Å²) in [5, 5.41) is 4.68. The van der Waals surface area contributed by atoms with Crippen LogP contribution < -0.4 is 10.1 Å². The van der Waals surface area contributed by atoms with E-state index in [9.17, 15) is 9.59 Å². The van der Waals surface area contributed by atoms with Crippen LogP contribution in [0.3, 0.4) is 0 Å². The van der Waals surface area contributed by atoms with Gasteiger partial charge in [-0.1, -0.05) is 54.7 Å². The number of nitrogens with one attached hydrogen (secondary N) is 1. The Labute approximate surface area is 227 Å². The van der Waals surface area contributed by atoms with E-state index in [0.717, 1.165) is 21.1 Å². The standard InChI is InChI=1S/C30H23N3O5S/c1-3-23(27(34)33-30-32-22-15-14-18(36-2)16-25(22)39-30)38-29(35)20-11-7-9-17-8-6-10-19(26(17)20)28-31-21-12-4-5-13-24(21)37-28/h4-16,23H,3H2,1-2H3,(H,32,33,34). The normalized spacial score (nSPS) is 12.1. The van der Waals surface area contributed by atoms with Crippen LogP contribution in [0.25, 0.3) is 43.5 Å². The lowest BCUT2D eigenvalue weighted by atomic mass is 9.99. The van der Waals surface area contributed by atoms with Gasteiger partial charge < -0.3 is 13.9 Å². The lowest BCUT2D eigenvalue weighted by Gasteiger charge is -2.16. The van der Waals surface area contributed by atoms with Crippen LogP contribution >= 0.6 is 11.3 Å². The number of carbonyl (C=O) groups is 2. The molecule has 0 fully saturated rings. The molecule has 1 atom stereocenters. The Morgan fingerprint density at radius 3 is 2.59 bits per heavy atom. The first kappa shape index (κ1) is 24.6. The highest BCUT2D eigenvalue weighted by Gasteiger charge is 2.25. The molecule has 1 unspecified atom stereocenters. The lowest BCUT2D eigenvalue weighted by Crippen LogP contribution is -2.32. The fourth-order valence-corrected chi connectivity index (χ4v) is 5.36. The predicted octanol–water partition coefficient (Wildman–Crippen LogP) is 6.84. The van der Waals surface area contributed by atoms with Crippen LogP contribution in [-0.2, 0) is 9.53 Å². The third kappa shape index (κ3) is 4.68. The molecule has 0 aliphatic heterocycles. The summed E-state index contributed by atoms with van der Waals surface area (Å²) in [7, 11) is 1.59. The molecule has 2 heterocycles. The van der Waals surface area contributed by atoms with Gasteiger partial charge >= 0.3 is 5.97 Å². The first-order chi connectivity index (χ1) is 19.0. The van der Waals surface area contributed by atoms with E-state index in [2.05, 4.69) is 15.3 Å². The quantitative estimate of drug-likeness (QED) is 0.222. The number of hydrogen-bond acceptors (Lipinski definition) is 8. The van der Waals surface area contributed by atoms with Gasteiger partial charge in [0.25, 0.3) is 5.91 Å². The number of nitrogens with zero attached hydrogens (tertiary/aromatic N) is 2. The summed E-state index contributed by atoms with van der Waals surface area (Å²) >= 11 is 1.32. The number of anilines is 1. The van der Waals surface area contributed by atoms with Gasteiger partial charge in [-0.05, 0) is 54.3 Å². The van der Waals surface area contributed by atoms with Crippen LogP contribution in [0.5, 0.6) is 5.75 Å². The third-order valence-electron chi connectivity index (χ3n) is 6.39. The Kier molecular flexibility index (Phi) is 6.42. The molecule has 0 saturated heterocycles. The molecule has 0 radical (unpaired) electrons. The zero-order valence-corrected chi connectivity index (χ0v) is 22.0. The molecule has 6 rings (SSSR count). The van der Waals surface area contributed by atoms with Gasteiger partial charge in [-0.15, -0.1) is 0 Å². The summed E-state index contributed by atoms with van der Waals surface area (Å²) < 4.78 is 17.9. The number of benzene rings is 4. The van der Waals surface area contributed by atoms with Gasteiger partial charge in [0.15, 0.2) is 16.8 Å². The number of methoxy groups -OCH3 is 1. The van der Waals surface area contributed by atoms with Crippen molar-refractivity contribution in [3.05, 3.63) is 84.4 Å². The number of thiazole rings is 1. The number of amides is 1. The number of fused-ring (bicyclic) bond motifs is 3. The Balaban J connectivity index is 1.28. The highest BCUT2D eigenvalue weighted by molar-refractivity contribution is 7.22. The second-order valence-electron chi connectivity index (χ2n) is 8.84. The Bertz CT molecular complexity index is 1820. The van der Waals surface area contributed by atoms with E-state index in [1.807, 2.05) is 66.7 Å². The fourth-order valence-electron chi connectivity index (χ4n) is 4.46. The number of ether oxygens (including phenoxy) is 2. The van der Waals surface area contributed by atoms with E-state index in [1.165, 1.54) is 11.3 Å². The fraction of sp³-hybridized carbons (Fsp3) is 0.133.